The SMILES string of the molecule is CCC(NC(=O)CCS(=O)(=O)Cc1ccccc1OC(F)F)C(=O)C(=O)N1CCN(S(C)(=O)=O)CC1. The first kappa shape index (κ1) is 29.6. The molecule has 2 rings (SSSR count). The summed E-state index contributed by atoms with van der Waals surface area (Å²) in [7, 11) is -7.32. The highest BCUT2D eigenvalue weighted by Gasteiger charge is 2.33. The van der Waals surface area contributed by atoms with E-state index in [2.05, 4.69) is 10.1 Å². The van der Waals surface area contributed by atoms with Gasteiger partial charge in [0.25, 0.3) is 5.91 Å². The molecule has 1 aliphatic heterocycles. The number of carbonyl (C=O) groups is 3. The summed E-state index contributed by atoms with van der Waals surface area (Å²) in [5.41, 5.74) is 0.0152. The van der Waals surface area contributed by atoms with Crippen molar-refractivity contribution in [2.24, 2.45) is 0 Å². The third kappa shape index (κ3) is 8.78. The normalized spacial score (nSPS) is 16.0. The van der Waals surface area contributed by atoms with E-state index >= 15 is 0 Å². The van der Waals surface area contributed by atoms with Gasteiger partial charge in [-0.05, 0) is 12.5 Å². The van der Waals surface area contributed by atoms with Gasteiger partial charge in [-0.3, -0.25) is 14.4 Å². The lowest BCUT2D eigenvalue weighted by atomic mass is 10.1. The van der Waals surface area contributed by atoms with E-state index in [1.807, 2.05) is 0 Å². The first-order valence-corrected chi connectivity index (χ1v) is 14.7. The predicted molar refractivity (Wildman–Crippen MR) is 125 cm³/mol. The Hall–Kier alpha value is -2.65. The van der Waals surface area contributed by atoms with Crippen molar-refractivity contribution in [1.82, 2.24) is 14.5 Å². The van der Waals surface area contributed by atoms with E-state index in [-0.39, 0.29) is 43.9 Å². The van der Waals surface area contributed by atoms with Crippen LogP contribution in [0.4, 0.5) is 8.78 Å². The van der Waals surface area contributed by atoms with Crippen LogP contribution < -0.4 is 10.1 Å². The molecule has 1 fully saturated rings. The van der Waals surface area contributed by atoms with E-state index in [1.54, 1.807) is 6.92 Å². The molecule has 0 aliphatic carbocycles. The predicted octanol–water partition coefficient (Wildman–Crippen LogP) is 0.161. The van der Waals surface area contributed by atoms with Gasteiger partial charge in [0.05, 0.1) is 23.8 Å². The second-order valence-electron chi connectivity index (χ2n) is 8.18. The molecule has 1 atom stereocenters. The number of piperazine rings is 1. The molecule has 36 heavy (non-hydrogen) atoms. The zero-order chi connectivity index (χ0) is 27.1. The van der Waals surface area contributed by atoms with Crippen molar-refractivity contribution in [2.75, 3.05) is 38.2 Å². The molecule has 1 aromatic carbocycles. The minimum absolute atomic E-state index is 0.0152. The molecule has 0 aromatic heterocycles. The summed E-state index contributed by atoms with van der Waals surface area (Å²) in [5, 5.41) is 2.36. The summed E-state index contributed by atoms with van der Waals surface area (Å²) < 4.78 is 78.7. The molecule has 1 N–H and O–H groups in total. The maximum atomic E-state index is 12.6. The number of ether oxygens (including phenoxy) is 1. The van der Waals surface area contributed by atoms with Crippen LogP contribution in [0, 0.1) is 0 Å². The number of sulfone groups is 1. The monoisotopic (exact) mass is 553 g/mol. The molecule has 0 radical (unpaired) electrons. The number of nitrogens with one attached hydrogen (secondary N) is 1. The summed E-state index contributed by atoms with van der Waals surface area (Å²) in [6.07, 6.45) is 0.615. The number of benzene rings is 1. The molecule has 2 amide bonds. The maximum absolute atomic E-state index is 12.6. The number of amides is 2. The standard InChI is InChI=1S/C21H29F2N3O8S2/c1-3-16(19(28)20(29)25-9-11-26(12-10-25)35(2,30)31)24-18(27)8-13-36(32,33)14-15-6-4-5-7-17(15)34-21(22)23/h4-7,16,21H,3,8-14H2,1-2H3,(H,24,27). The molecular formula is C21H29F2N3O8S2. The first-order valence-electron chi connectivity index (χ1n) is 11.0. The number of carbonyl (C=O) groups excluding carboxylic acids is 3. The highest BCUT2D eigenvalue weighted by Crippen LogP contribution is 2.23. The molecule has 1 heterocycles. The van der Waals surface area contributed by atoms with E-state index < -0.39 is 68.0 Å². The Balaban J connectivity index is 1.91. The van der Waals surface area contributed by atoms with Gasteiger partial charge in [0, 0.05) is 38.2 Å². The number of rotatable bonds is 12. The summed E-state index contributed by atoms with van der Waals surface area (Å²) in [4.78, 5) is 38.7. The highest BCUT2D eigenvalue weighted by molar-refractivity contribution is 7.90. The fourth-order valence-corrected chi connectivity index (χ4v) is 5.72. The third-order valence-corrected chi connectivity index (χ3v) is 8.35. The van der Waals surface area contributed by atoms with Crippen LogP contribution in [0.2, 0.25) is 0 Å². The largest absolute Gasteiger partial charge is 0.435 e. The van der Waals surface area contributed by atoms with Crippen LogP contribution >= 0.6 is 0 Å². The van der Waals surface area contributed by atoms with Gasteiger partial charge in [-0.15, -0.1) is 0 Å². The number of Topliss-reactive ketones (excluding diaryl/α,β-unsaturated/α-hetero) is 1. The van der Waals surface area contributed by atoms with E-state index in [0.717, 1.165) is 6.26 Å². The molecule has 1 aliphatic rings. The van der Waals surface area contributed by atoms with Crippen LogP contribution in [0.3, 0.4) is 0 Å². The lowest BCUT2D eigenvalue weighted by Crippen LogP contribution is -2.55. The zero-order valence-electron chi connectivity index (χ0n) is 19.9. The van der Waals surface area contributed by atoms with Gasteiger partial charge in [0.15, 0.2) is 9.84 Å². The van der Waals surface area contributed by atoms with Gasteiger partial charge in [-0.25, -0.2) is 16.8 Å². The van der Waals surface area contributed by atoms with E-state index in [1.165, 1.54) is 33.5 Å². The van der Waals surface area contributed by atoms with Gasteiger partial charge < -0.3 is 15.0 Å². The molecule has 0 spiro atoms. The Bertz CT molecular complexity index is 1170. The Morgan fingerprint density at radius 1 is 1.06 bits per heavy atom. The average Bonchev–Trinajstić information content (AvgIpc) is 2.80. The number of nitrogens with zero attached hydrogens (tertiary/aromatic N) is 2. The number of alkyl halides is 2. The molecule has 15 heteroatoms. The topological polar surface area (TPSA) is 147 Å². The maximum Gasteiger partial charge on any atom is 0.387 e. The third-order valence-electron chi connectivity index (χ3n) is 5.47. The molecule has 11 nitrogen and oxygen atoms in total. The zero-order valence-corrected chi connectivity index (χ0v) is 21.5. The summed E-state index contributed by atoms with van der Waals surface area (Å²) >= 11 is 0. The number of para-hydroxylation sites is 1. The second kappa shape index (κ2) is 12.5. The molecule has 0 saturated carbocycles. The smallest absolute Gasteiger partial charge is 0.387 e. The molecular weight excluding hydrogens is 524 g/mol. The van der Waals surface area contributed by atoms with Crippen LogP contribution in [0.25, 0.3) is 0 Å². The van der Waals surface area contributed by atoms with Gasteiger partial charge >= 0.3 is 6.61 Å². The molecule has 1 saturated heterocycles. The van der Waals surface area contributed by atoms with Gasteiger partial charge in [-0.1, -0.05) is 25.1 Å². The second-order valence-corrected chi connectivity index (χ2v) is 12.3. The lowest BCUT2D eigenvalue weighted by molar-refractivity contribution is -0.147. The van der Waals surface area contributed by atoms with Crippen molar-refractivity contribution >= 4 is 37.5 Å². The highest BCUT2D eigenvalue weighted by atomic mass is 32.2. The van der Waals surface area contributed by atoms with Crippen molar-refractivity contribution in [3.05, 3.63) is 29.8 Å². The van der Waals surface area contributed by atoms with Crippen LogP contribution in [0.1, 0.15) is 25.3 Å². The molecule has 0 bridgehead atoms. The van der Waals surface area contributed by atoms with Gasteiger partial charge in [-0.2, -0.15) is 13.1 Å². The number of hydrogen-bond acceptors (Lipinski definition) is 8. The Kier molecular flexibility index (Phi) is 10.3. The summed E-state index contributed by atoms with van der Waals surface area (Å²) in [5.74, 6) is -4.05. The van der Waals surface area contributed by atoms with Crippen molar-refractivity contribution in [3.8, 4) is 5.75 Å². The van der Waals surface area contributed by atoms with E-state index in [0.29, 0.717) is 0 Å². The Morgan fingerprint density at radius 2 is 1.67 bits per heavy atom. The van der Waals surface area contributed by atoms with Gasteiger partial charge in [0.1, 0.15) is 5.75 Å². The van der Waals surface area contributed by atoms with Crippen molar-refractivity contribution < 1.29 is 44.7 Å². The number of sulfonamides is 1. The van der Waals surface area contributed by atoms with Crippen LogP contribution in [-0.4, -0.2) is 94.5 Å². The number of hydrogen-bond donors (Lipinski definition) is 1. The van der Waals surface area contributed by atoms with Crippen molar-refractivity contribution in [3.63, 3.8) is 0 Å². The van der Waals surface area contributed by atoms with Crippen molar-refractivity contribution in [2.45, 2.75) is 38.2 Å². The van der Waals surface area contributed by atoms with Gasteiger partial charge in [0.2, 0.25) is 21.7 Å². The van der Waals surface area contributed by atoms with Crippen LogP contribution in [0.5, 0.6) is 5.75 Å². The fourth-order valence-electron chi connectivity index (χ4n) is 3.54. The first-order chi connectivity index (χ1) is 16.7. The quantitative estimate of drug-likeness (QED) is 0.360. The number of ketones is 1. The number of halogens is 2. The summed E-state index contributed by atoms with van der Waals surface area (Å²) in [6.45, 7) is -1.42. The van der Waals surface area contributed by atoms with Crippen LogP contribution in [-0.2, 0) is 40.0 Å². The van der Waals surface area contributed by atoms with Crippen LogP contribution in [0.15, 0.2) is 24.3 Å². The molecule has 1 aromatic rings. The van der Waals surface area contributed by atoms with Crippen molar-refractivity contribution in [1.29, 1.82) is 0 Å². The minimum Gasteiger partial charge on any atom is -0.435 e. The lowest BCUT2D eigenvalue weighted by Gasteiger charge is -2.33. The average molecular weight is 554 g/mol. The van der Waals surface area contributed by atoms with E-state index in [4.69, 9.17) is 0 Å². The van der Waals surface area contributed by atoms with E-state index in [9.17, 15) is 40.0 Å². The Labute approximate surface area is 208 Å². The molecule has 202 valence electrons. The minimum atomic E-state index is -3.90. The summed E-state index contributed by atoms with van der Waals surface area (Å²) in [6, 6.07) is 4.23. The molecule has 1 unspecified atom stereocenters. The fraction of sp³-hybridized carbons (Fsp3) is 0.571. The Morgan fingerprint density at radius 3 is 2.22 bits per heavy atom.